The number of furan rings is 1. The Hall–Kier alpha value is -2.24. The standard InChI is InChI=1S/C13H18N4O2/c1-3-6-19-13-11(14)12(16-9(2)17-13)15-8-10-5-4-7-18-10/h4-5,7H,3,6,8,14H2,1-2H3,(H,15,16,17). The van der Waals surface area contributed by atoms with Crippen LogP contribution in [0.3, 0.4) is 0 Å². The highest BCUT2D eigenvalue weighted by molar-refractivity contribution is 5.66. The van der Waals surface area contributed by atoms with E-state index in [1.54, 1.807) is 13.2 Å². The monoisotopic (exact) mass is 262 g/mol. The van der Waals surface area contributed by atoms with Crippen molar-refractivity contribution in [2.45, 2.75) is 26.8 Å². The number of anilines is 2. The van der Waals surface area contributed by atoms with Crippen molar-refractivity contribution in [2.24, 2.45) is 0 Å². The van der Waals surface area contributed by atoms with Crippen LogP contribution in [-0.2, 0) is 6.54 Å². The molecule has 6 nitrogen and oxygen atoms in total. The molecule has 3 N–H and O–H groups in total. The molecule has 0 aliphatic rings. The van der Waals surface area contributed by atoms with E-state index in [9.17, 15) is 0 Å². The van der Waals surface area contributed by atoms with E-state index < -0.39 is 0 Å². The number of nitrogens with two attached hydrogens (primary N) is 1. The molecule has 0 atom stereocenters. The van der Waals surface area contributed by atoms with Gasteiger partial charge in [0.15, 0.2) is 5.82 Å². The number of nitrogen functional groups attached to an aromatic ring is 1. The second-order valence-corrected chi connectivity index (χ2v) is 4.12. The van der Waals surface area contributed by atoms with E-state index >= 15 is 0 Å². The van der Waals surface area contributed by atoms with Crippen molar-refractivity contribution >= 4 is 11.5 Å². The van der Waals surface area contributed by atoms with Crippen LogP contribution >= 0.6 is 0 Å². The Labute approximate surface area is 112 Å². The van der Waals surface area contributed by atoms with Crippen molar-refractivity contribution in [1.82, 2.24) is 9.97 Å². The molecule has 0 radical (unpaired) electrons. The number of rotatable bonds is 6. The minimum absolute atomic E-state index is 0.422. The van der Waals surface area contributed by atoms with Crippen molar-refractivity contribution < 1.29 is 9.15 Å². The molecule has 0 saturated heterocycles. The quantitative estimate of drug-likeness (QED) is 0.831. The zero-order valence-electron chi connectivity index (χ0n) is 11.1. The number of ether oxygens (including phenoxy) is 1. The summed E-state index contributed by atoms with van der Waals surface area (Å²) >= 11 is 0. The van der Waals surface area contributed by atoms with Crippen LogP contribution < -0.4 is 15.8 Å². The number of hydrogen-bond donors (Lipinski definition) is 2. The maximum Gasteiger partial charge on any atom is 0.242 e. The largest absolute Gasteiger partial charge is 0.476 e. The van der Waals surface area contributed by atoms with Crippen LogP contribution in [0.5, 0.6) is 5.88 Å². The molecule has 19 heavy (non-hydrogen) atoms. The molecule has 0 aromatic carbocycles. The van der Waals surface area contributed by atoms with Crippen molar-refractivity contribution in [2.75, 3.05) is 17.7 Å². The summed E-state index contributed by atoms with van der Waals surface area (Å²) in [6.07, 6.45) is 2.53. The molecule has 102 valence electrons. The average molecular weight is 262 g/mol. The maximum absolute atomic E-state index is 5.99. The fourth-order valence-electron chi connectivity index (χ4n) is 1.58. The van der Waals surface area contributed by atoms with Crippen LogP contribution in [0.1, 0.15) is 24.9 Å². The molecule has 2 heterocycles. The third kappa shape index (κ3) is 3.37. The molecule has 0 amide bonds. The van der Waals surface area contributed by atoms with E-state index in [1.165, 1.54) is 0 Å². The van der Waals surface area contributed by atoms with E-state index in [1.807, 2.05) is 19.1 Å². The van der Waals surface area contributed by atoms with Crippen LogP contribution in [0.2, 0.25) is 0 Å². The van der Waals surface area contributed by atoms with E-state index in [0.29, 0.717) is 36.4 Å². The summed E-state index contributed by atoms with van der Waals surface area (Å²) in [4.78, 5) is 8.47. The lowest BCUT2D eigenvalue weighted by Crippen LogP contribution is -2.09. The first-order chi connectivity index (χ1) is 9.20. The first-order valence-corrected chi connectivity index (χ1v) is 6.24. The SMILES string of the molecule is CCCOc1nc(C)nc(NCc2ccco2)c1N. The van der Waals surface area contributed by atoms with Crippen LogP contribution in [0.15, 0.2) is 22.8 Å². The molecule has 0 fully saturated rings. The van der Waals surface area contributed by atoms with E-state index in [2.05, 4.69) is 15.3 Å². The second-order valence-electron chi connectivity index (χ2n) is 4.12. The Kier molecular flexibility index (Phi) is 4.22. The summed E-state index contributed by atoms with van der Waals surface area (Å²) < 4.78 is 10.7. The first-order valence-electron chi connectivity index (χ1n) is 6.24. The van der Waals surface area contributed by atoms with Crippen LogP contribution in [0.25, 0.3) is 0 Å². The van der Waals surface area contributed by atoms with Crippen molar-refractivity contribution in [1.29, 1.82) is 0 Å². The van der Waals surface area contributed by atoms with Gasteiger partial charge in [0, 0.05) is 0 Å². The van der Waals surface area contributed by atoms with Gasteiger partial charge < -0.3 is 20.2 Å². The molecule has 0 unspecified atom stereocenters. The summed E-state index contributed by atoms with van der Waals surface area (Å²) in [6, 6.07) is 3.72. The Bertz CT molecular complexity index is 526. The topological polar surface area (TPSA) is 86.2 Å². The van der Waals surface area contributed by atoms with Gasteiger partial charge in [0.25, 0.3) is 0 Å². The molecule has 2 aromatic heterocycles. The van der Waals surface area contributed by atoms with Gasteiger partial charge in [0.1, 0.15) is 17.3 Å². The Balaban J connectivity index is 2.12. The molecule has 2 rings (SSSR count). The predicted molar refractivity (Wildman–Crippen MR) is 73.0 cm³/mol. The lowest BCUT2D eigenvalue weighted by atomic mass is 10.4. The third-order valence-corrected chi connectivity index (χ3v) is 2.48. The molecule has 0 aliphatic heterocycles. The van der Waals surface area contributed by atoms with Gasteiger partial charge in [-0.2, -0.15) is 4.98 Å². The zero-order valence-corrected chi connectivity index (χ0v) is 11.1. The normalized spacial score (nSPS) is 10.4. The van der Waals surface area contributed by atoms with Crippen molar-refractivity contribution in [3.8, 4) is 5.88 Å². The Morgan fingerprint density at radius 1 is 1.42 bits per heavy atom. The minimum atomic E-state index is 0.422. The highest BCUT2D eigenvalue weighted by Crippen LogP contribution is 2.26. The number of aryl methyl sites for hydroxylation is 1. The first kappa shape index (κ1) is 13.2. The molecular formula is C13H18N4O2. The van der Waals surface area contributed by atoms with Gasteiger partial charge in [-0.1, -0.05) is 6.92 Å². The molecule has 0 bridgehead atoms. The minimum Gasteiger partial charge on any atom is -0.476 e. The van der Waals surface area contributed by atoms with Gasteiger partial charge in [-0.3, -0.25) is 0 Å². The molecular weight excluding hydrogens is 244 g/mol. The summed E-state index contributed by atoms with van der Waals surface area (Å²) in [5.41, 5.74) is 6.41. The van der Waals surface area contributed by atoms with Gasteiger partial charge in [-0.05, 0) is 25.5 Å². The van der Waals surface area contributed by atoms with Gasteiger partial charge in [-0.25, -0.2) is 4.98 Å². The van der Waals surface area contributed by atoms with Gasteiger partial charge >= 0.3 is 0 Å². The van der Waals surface area contributed by atoms with Crippen LogP contribution in [0, 0.1) is 6.92 Å². The molecule has 2 aromatic rings. The average Bonchev–Trinajstić information content (AvgIpc) is 2.91. The number of aromatic nitrogens is 2. The zero-order chi connectivity index (χ0) is 13.7. The number of hydrogen-bond acceptors (Lipinski definition) is 6. The van der Waals surface area contributed by atoms with Gasteiger partial charge in [0.2, 0.25) is 5.88 Å². The summed E-state index contributed by atoms with van der Waals surface area (Å²) in [5.74, 6) is 2.42. The number of nitrogens with one attached hydrogen (secondary N) is 1. The Morgan fingerprint density at radius 2 is 2.26 bits per heavy atom. The lowest BCUT2D eigenvalue weighted by Gasteiger charge is -2.12. The summed E-state index contributed by atoms with van der Waals surface area (Å²) in [6.45, 7) is 4.93. The maximum atomic E-state index is 5.99. The van der Waals surface area contributed by atoms with E-state index in [-0.39, 0.29) is 0 Å². The third-order valence-electron chi connectivity index (χ3n) is 2.48. The molecule has 6 heteroatoms. The van der Waals surface area contributed by atoms with Crippen molar-refractivity contribution in [3.05, 3.63) is 30.0 Å². The summed E-state index contributed by atoms with van der Waals surface area (Å²) in [5, 5.41) is 3.12. The molecule has 0 aliphatic carbocycles. The predicted octanol–water partition coefficient (Wildman–Crippen LogP) is 2.36. The Morgan fingerprint density at radius 3 is 2.95 bits per heavy atom. The highest BCUT2D eigenvalue weighted by Gasteiger charge is 2.11. The van der Waals surface area contributed by atoms with Crippen LogP contribution in [-0.4, -0.2) is 16.6 Å². The number of nitrogens with zero attached hydrogens (tertiary/aromatic N) is 2. The fraction of sp³-hybridized carbons (Fsp3) is 0.385. The van der Waals surface area contributed by atoms with Gasteiger partial charge in [0.05, 0.1) is 19.4 Å². The highest BCUT2D eigenvalue weighted by atomic mass is 16.5. The smallest absolute Gasteiger partial charge is 0.242 e. The van der Waals surface area contributed by atoms with E-state index in [4.69, 9.17) is 14.9 Å². The van der Waals surface area contributed by atoms with E-state index in [0.717, 1.165) is 12.2 Å². The fourth-order valence-corrected chi connectivity index (χ4v) is 1.58. The van der Waals surface area contributed by atoms with Crippen LogP contribution in [0.4, 0.5) is 11.5 Å². The van der Waals surface area contributed by atoms with Crippen molar-refractivity contribution in [3.63, 3.8) is 0 Å². The molecule has 0 spiro atoms. The van der Waals surface area contributed by atoms with Gasteiger partial charge in [-0.15, -0.1) is 0 Å². The summed E-state index contributed by atoms with van der Waals surface area (Å²) in [7, 11) is 0. The molecule has 0 saturated carbocycles. The second kappa shape index (κ2) is 6.08. The lowest BCUT2D eigenvalue weighted by molar-refractivity contribution is 0.306.